The monoisotopic (exact) mass is 772 g/mol. The first kappa shape index (κ1) is 35.7. The van der Waals surface area contributed by atoms with Crippen LogP contribution in [0.3, 0.4) is 0 Å². The van der Waals surface area contributed by atoms with E-state index in [1.165, 1.54) is 11.3 Å². The van der Waals surface area contributed by atoms with Crippen molar-refractivity contribution in [1.29, 1.82) is 5.26 Å². The number of hydrogen-bond donors (Lipinski definition) is 2. The zero-order valence-electron chi connectivity index (χ0n) is 30.6. The highest BCUT2D eigenvalue weighted by molar-refractivity contribution is 7.18. The predicted molar refractivity (Wildman–Crippen MR) is 208 cm³/mol. The molecule has 286 valence electrons. The minimum absolute atomic E-state index is 0.112. The van der Waals surface area contributed by atoms with Crippen LogP contribution in [0, 0.1) is 17.2 Å². The number of fused-ring (bicyclic) bond motifs is 1. The first-order valence-corrected chi connectivity index (χ1v) is 19.9. The number of carbonyl (C=O) groups excluding carboxylic acids is 3. The van der Waals surface area contributed by atoms with Crippen LogP contribution in [0.15, 0.2) is 55.0 Å². The normalized spacial score (nSPS) is 20.7. The standard InChI is InChI=1S/C39H40N12O4S/c40-19-24-17-28-2-4-33(51(28)43-20-24)32-18-31(44-27-8-15-55-16-9-27)30(22-41-32)37-46-47-39(56-37)49-13-11-48(12-14-49)38(54)26-7-10-50(23-26)34-5-1-25(21-42-34)29-3-6-35(52)45-36(29)53/h1-2,4-5,17-18,20-22,26-27,29H,3,6-16,23H2,(H,41,44)(H,45,52,53). The Balaban J connectivity index is 0.846. The molecule has 4 aliphatic heterocycles. The number of piperidine rings is 1. The number of piperazine rings is 1. The summed E-state index contributed by atoms with van der Waals surface area (Å²) in [5.74, 6) is -0.0410. The average Bonchev–Trinajstić information content (AvgIpc) is 4.02. The number of hydrogen-bond acceptors (Lipinski definition) is 14. The summed E-state index contributed by atoms with van der Waals surface area (Å²) in [6.45, 7) is 5.26. The summed E-state index contributed by atoms with van der Waals surface area (Å²) in [6, 6.07) is 13.9. The summed E-state index contributed by atoms with van der Waals surface area (Å²) in [4.78, 5) is 53.3. The molecular formula is C39H40N12O4S. The van der Waals surface area contributed by atoms with Gasteiger partial charge in [-0.05, 0) is 61.6 Å². The molecule has 2 unspecified atom stereocenters. The first-order chi connectivity index (χ1) is 27.4. The van der Waals surface area contributed by atoms with Crippen LogP contribution in [0.2, 0.25) is 0 Å². The van der Waals surface area contributed by atoms with E-state index in [9.17, 15) is 19.6 Å². The molecule has 9 heterocycles. The Bertz CT molecular complexity index is 2320. The number of amides is 3. The predicted octanol–water partition coefficient (Wildman–Crippen LogP) is 3.47. The van der Waals surface area contributed by atoms with Crippen molar-refractivity contribution >= 4 is 51.2 Å². The molecule has 4 saturated heterocycles. The molecule has 4 fully saturated rings. The van der Waals surface area contributed by atoms with Crippen molar-refractivity contribution in [3.05, 3.63) is 66.1 Å². The number of pyridine rings is 2. The van der Waals surface area contributed by atoms with E-state index in [2.05, 4.69) is 46.8 Å². The fraction of sp³-hybridized carbons (Fsp3) is 0.410. The van der Waals surface area contributed by atoms with Crippen LogP contribution in [-0.4, -0.2) is 111 Å². The molecular weight excluding hydrogens is 733 g/mol. The maximum Gasteiger partial charge on any atom is 0.234 e. The minimum Gasteiger partial charge on any atom is -0.381 e. The van der Waals surface area contributed by atoms with E-state index >= 15 is 0 Å². The van der Waals surface area contributed by atoms with Crippen molar-refractivity contribution in [1.82, 2.24) is 40.0 Å². The number of ether oxygens (including phenoxy) is 1. The molecule has 5 aromatic rings. The molecule has 0 radical (unpaired) electrons. The van der Waals surface area contributed by atoms with Gasteiger partial charge in [0.2, 0.25) is 22.9 Å². The van der Waals surface area contributed by atoms with E-state index in [-0.39, 0.29) is 35.6 Å². The van der Waals surface area contributed by atoms with E-state index in [1.54, 1.807) is 23.0 Å². The van der Waals surface area contributed by atoms with Crippen LogP contribution in [0.5, 0.6) is 0 Å². The molecule has 16 nitrogen and oxygen atoms in total. The van der Waals surface area contributed by atoms with Gasteiger partial charge in [-0.25, -0.2) is 9.50 Å². The van der Waals surface area contributed by atoms with Gasteiger partial charge in [-0.2, -0.15) is 10.4 Å². The van der Waals surface area contributed by atoms with Gasteiger partial charge in [0, 0.05) is 83.0 Å². The molecule has 2 atom stereocenters. The third kappa shape index (κ3) is 7.13. The van der Waals surface area contributed by atoms with E-state index in [1.807, 2.05) is 41.4 Å². The lowest BCUT2D eigenvalue weighted by Crippen LogP contribution is -2.50. The van der Waals surface area contributed by atoms with Gasteiger partial charge in [0.05, 0.1) is 46.1 Å². The van der Waals surface area contributed by atoms with Gasteiger partial charge in [-0.1, -0.05) is 17.4 Å². The molecule has 0 bridgehead atoms. The molecule has 17 heteroatoms. The van der Waals surface area contributed by atoms with E-state index in [4.69, 9.17) is 9.72 Å². The van der Waals surface area contributed by atoms with E-state index in [0.717, 1.165) is 75.5 Å². The fourth-order valence-corrected chi connectivity index (χ4v) is 8.92. The number of aromatic nitrogens is 6. The summed E-state index contributed by atoms with van der Waals surface area (Å²) < 4.78 is 7.40. The van der Waals surface area contributed by atoms with Gasteiger partial charge in [0.15, 0.2) is 5.01 Å². The molecule has 2 N–H and O–H groups in total. The van der Waals surface area contributed by atoms with Crippen molar-refractivity contribution in [2.24, 2.45) is 5.92 Å². The van der Waals surface area contributed by atoms with Crippen molar-refractivity contribution in [2.75, 3.05) is 67.6 Å². The molecule has 0 aromatic carbocycles. The van der Waals surface area contributed by atoms with Gasteiger partial charge in [-0.15, -0.1) is 10.2 Å². The maximum atomic E-state index is 13.7. The highest BCUT2D eigenvalue weighted by Gasteiger charge is 2.35. The second-order valence-electron chi connectivity index (χ2n) is 14.6. The van der Waals surface area contributed by atoms with Crippen molar-refractivity contribution in [3.8, 4) is 28.0 Å². The summed E-state index contributed by atoms with van der Waals surface area (Å²) in [5.41, 5.74) is 5.45. The third-order valence-electron chi connectivity index (χ3n) is 11.2. The Kier molecular flexibility index (Phi) is 9.73. The third-order valence-corrected chi connectivity index (χ3v) is 12.2. The second-order valence-corrected chi connectivity index (χ2v) is 15.6. The molecule has 0 saturated carbocycles. The Hall–Kier alpha value is -5.99. The largest absolute Gasteiger partial charge is 0.381 e. The SMILES string of the molecule is N#Cc1cnn2c(-c3cc(NC4CCOCC4)c(-c4nnc(N5CCN(C(=O)C6CCN(c7ccc(C8CCC(=O)NC8=O)cn7)C6)CC5)s4)cn3)ccc2c1. The minimum atomic E-state index is -0.371. The lowest BCUT2D eigenvalue weighted by atomic mass is 9.92. The number of nitriles is 1. The highest BCUT2D eigenvalue weighted by Crippen LogP contribution is 2.37. The molecule has 5 aromatic heterocycles. The number of anilines is 3. The summed E-state index contributed by atoms with van der Waals surface area (Å²) in [6.07, 6.45) is 8.46. The molecule has 56 heavy (non-hydrogen) atoms. The van der Waals surface area contributed by atoms with Crippen LogP contribution in [0.25, 0.3) is 27.5 Å². The van der Waals surface area contributed by atoms with Gasteiger partial charge >= 0.3 is 0 Å². The number of nitrogens with zero attached hydrogens (tertiary/aromatic N) is 10. The summed E-state index contributed by atoms with van der Waals surface area (Å²) in [7, 11) is 0. The quantitative estimate of drug-likeness (QED) is 0.219. The lowest BCUT2D eigenvalue weighted by Gasteiger charge is -2.35. The van der Waals surface area contributed by atoms with Crippen LogP contribution in [0.4, 0.5) is 16.6 Å². The highest BCUT2D eigenvalue weighted by atomic mass is 32.1. The Morgan fingerprint density at radius 3 is 2.57 bits per heavy atom. The van der Waals surface area contributed by atoms with Crippen molar-refractivity contribution in [3.63, 3.8) is 0 Å². The number of nitrogens with one attached hydrogen (secondary N) is 2. The molecule has 4 aliphatic rings. The molecule has 0 aliphatic carbocycles. The van der Waals surface area contributed by atoms with E-state index < -0.39 is 0 Å². The zero-order valence-corrected chi connectivity index (χ0v) is 31.5. The second kappa shape index (κ2) is 15.3. The molecule has 3 amide bonds. The first-order valence-electron chi connectivity index (χ1n) is 19.0. The fourth-order valence-electron chi connectivity index (χ4n) is 8.00. The van der Waals surface area contributed by atoms with Crippen molar-refractivity contribution in [2.45, 2.75) is 44.1 Å². The van der Waals surface area contributed by atoms with Gasteiger partial charge in [-0.3, -0.25) is 24.7 Å². The topological polar surface area (TPSA) is 187 Å². The lowest BCUT2D eigenvalue weighted by molar-refractivity contribution is -0.135. The van der Waals surface area contributed by atoms with E-state index in [0.29, 0.717) is 64.3 Å². The summed E-state index contributed by atoms with van der Waals surface area (Å²) >= 11 is 1.52. The maximum absolute atomic E-state index is 13.7. The molecule has 0 spiro atoms. The smallest absolute Gasteiger partial charge is 0.234 e. The Labute approximate surface area is 326 Å². The van der Waals surface area contributed by atoms with Crippen LogP contribution >= 0.6 is 11.3 Å². The molecule has 9 rings (SSSR count). The van der Waals surface area contributed by atoms with Gasteiger partial charge in [0.25, 0.3) is 0 Å². The zero-order chi connectivity index (χ0) is 38.2. The number of imide groups is 1. The van der Waals surface area contributed by atoms with Crippen LogP contribution in [-0.2, 0) is 19.1 Å². The van der Waals surface area contributed by atoms with Gasteiger partial charge < -0.3 is 24.8 Å². The number of carbonyl (C=O) groups is 3. The Morgan fingerprint density at radius 1 is 0.929 bits per heavy atom. The van der Waals surface area contributed by atoms with Crippen molar-refractivity contribution < 1.29 is 19.1 Å². The average molecular weight is 773 g/mol. The Morgan fingerprint density at radius 2 is 1.79 bits per heavy atom. The summed E-state index contributed by atoms with van der Waals surface area (Å²) in [5, 5.41) is 30.7. The number of rotatable bonds is 8. The van der Waals surface area contributed by atoms with Gasteiger partial charge in [0.1, 0.15) is 11.9 Å². The van der Waals surface area contributed by atoms with Crippen LogP contribution < -0.4 is 20.4 Å². The van der Waals surface area contributed by atoms with Crippen LogP contribution in [0.1, 0.15) is 49.1 Å².